The van der Waals surface area contributed by atoms with Gasteiger partial charge in [-0.15, -0.1) is 0 Å². The zero-order chi connectivity index (χ0) is 17.8. The van der Waals surface area contributed by atoms with E-state index in [2.05, 4.69) is 74.3 Å². The van der Waals surface area contributed by atoms with Gasteiger partial charge in [0.05, 0.1) is 0 Å². The molecule has 1 aliphatic heterocycles. The molecule has 0 bridgehead atoms. The van der Waals surface area contributed by atoms with E-state index in [9.17, 15) is 0 Å². The Balaban J connectivity index is 1.52. The Hall–Kier alpha value is -2.95. The Morgan fingerprint density at radius 2 is 1.92 bits per heavy atom. The van der Waals surface area contributed by atoms with Crippen molar-refractivity contribution in [3.63, 3.8) is 0 Å². The molecule has 5 heteroatoms. The molecule has 3 heterocycles. The molecule has 0 saturated heterocycles. The van der Waals surface area contributed by atoms with E-state index in [1.807, 2.05) is 12.4 Å². The molecule has 0 radical (unpaired) electrons. The predicted molar refractivity (Wildman–Crippen MR) is 105 cm³/mol. The zero-order valence-electron chi connectivity index (χ0n) is 15.0. The van der Waals surface area contributed by atoms with E-state index in [1.165, 1.54) is 16.8 Å². The van der Waals surface area contributed by atoms with Gasteiger partial charge in [0.2, 0.25) is 0 Å². The van der Waals surface area contributed by atoms with E-state index in [1.54, 1.807) is 6.33 Å². The molecule has 0 N–H and O–H groups in total. The van der Waals surface area contributed by atoms with E-state index in [4.69, 9.17) is 0 Å². The Bertz CT molecular complexity index is 865. The predicted octanol–water partition coefficient (Wildman–Crippen LogP) is 3.63. The van der Waals surface area contributed by atoms with Gasteiger partial charge in [-0.1, -0.05) is 18.2 Å². The lowest BCUT2D eigenvalue weighted by molar-refractivity contribution is 0.757. The molecule has 2 aromatic heterocycles. The van der Waals surface area contributed by atoms with Crippen LogP contribution in [-0.2, 0) is 12.8 Å². The smallest absolute Gasteiger partial charge is 0.138 e. The van der Waals surface area contributed by atoms with Gasteiger partial charge in [-0.2, -0.15) is 0 Å². The molecule has 3 aromatic rings. The number of hydrogen-bond donors (Lipinski definition) is 0. The maximum absolute atomic E-state index is 4.54. The first-order valence-corrected chi connectivity index (χ1v) is 9.09. The summed E-state index contributed by atoms with van der Waals surface area (Å²) in [6, 6.07) is 14.8. The fraction of sp³-hybridized carbons (Fsp3) is 0.286. The number of benzene rings is 1. The average Bonchev–Trinajstić information content (AvgIpc) is 2.72. The number of nitrogens with zero attached hydrogens (tertiary/aromatic N) is 5. The van der Waals surface area contributed by atoms with Crippen molar-refractivity contribution >= 4 is 17.3 Å². The largest absolute Gasteiger partial charge is 0.359 e. The van der Waals surface area contributed by atoms with Gasteiger partial charge >= 0.3 is 0 Å². The number of hydrogen-bond acceptors (Lipinski definition) is 5. The van der Waals surface area contributed by atoms with Crippen LogP contribution in [-0.4, -0.2) is 35.1 Å². The third-order valence-corrected chi connectivity index (χ3v) is 4.90. The summed E-state index contributed by atoms with van der Waals surface area (Å²) in [7, 11) is 2.08. The van der Waals surface area contributed by atoms with Crippen LogP contribution in [0, 0.1) is 0 Å². The molecule has 132 valence electrons. The molecule has 1 aliphatic rings. The maximum Gasteiger partial charge on any atom is 0.138 e. The highest BCUT2D eigenvalue weighted by Crippen LogP contribution is 2.32. The summed E-state index contributed by atoms with van der Waals surface area (Å²) in [6.07, 6.45) is 8.60. The van der Waals surface area contributed by atoms with Gasteiger partial charge in [0.15, 0.2) is 0 Å². The van der Waals surface area contributed by atoms with Crippen LogP contribution in [0.25, 0.3) is 0 Å². The van der Waals surface area contributed by atoms with Gasteiger partial charge < -0.3 is 9.80 Å². The number of aryl methyl sites for hydroxylation is 1. The number of likely N-dealkylation sites (N-methyl/N-ethyl adjacent to an activating group) is 1. The van der Waals surface area contributed by atoms with Crippen LogP contribution in [0.5, 0.6) is 0 Å². The van der Waals surface area contributed by atoms with Gasteiger partial charge in [-0.25, -0.2) is 9.97 Å². The molecule has 5 nitrogen and oxygen atoms in total. The normalized spacial score (nSPS) is 13.3. The lowest BCUT2D eigenvalue weighted by atomic mass is 10.0. The monoisotopic (exact) mass is 345 g/mol. The molecule has 0 amide bonds. The van der Waals surface area contributed by atoms with Crippen LogP contribution in [0.15, 0.2) is 61.2 Å². The molecule has 0 atom stereocenters. The Kier molecular flexibility index (Phi) is 4.78. The molecule has 0 fully saturated rings. The van der Waals surface area contributed by atoms with E-state index < -0.39 is 0 Å². The van der Waals surface area contributed by atoms with Gasteiger partial charge in [0, 0.05) is 44.3 Å². The second-order valence-corrected chi connectivity index (χ2v) is 6.65. The highest BCUT2D eigenvalue weighted by atomic mass is 15.2. The average molecular weight is 345 g/mol. The third-order valence-electron chi connectivity index (χ3n) is 4.90. The highest BCUT2D eigenvalue weighted by Gasteiger charge is 2.19. The number of para-hydroxylation sites is 1. The van der Waals surface area contributed by atoms with E-state index in [-0.39, 0.29) is 0 Å². The maximum atomic E-state index is 4.54. The van der Waals surface area contributed by atoms with Crippen molar-refractivity contribution in [3.8, 4) is 0 Å². The summed E-state index contributed by atoms with van der Waals surface area (Å²) in [5.41, 5.74) is 3.94. The molecule has 0 saturated carbocycles. The lowest BCUT2D eigenvalue weighted by Gasteiger charge is -2.31. The minimum Gasteiger partial charge on any atom is -0.359 e. The summed E-state index contributed by atoms with van der Waals surface area (Å²) >= 11 is 0. The molecule has 26 heavy (non-hydrogen) atoms. The molecular weight excluding hydrogens is 322 g/mol. The highest BCUT2D eigenvalue weighted by molar-refractivity contribution is 5.67. The van der Waals surface area contributed by atoms with Crippen molar-refractivity contribution < 1.29 is 0 Å². The van der Waals surface area contributed by atoms with Crippen LogP contribution in [0.4, 0.5) is 17.3 Å². The molecule has 4 rings (SSSR count). The van der Waals surface area contributed by atoms with Crippen molar-refractivity contribution in [2.24, 2.45) is 0 Å². The van der Waals surface area contributed by atoms with Crippen LogP contribution in [0.2, 0.25) is 0 Å². The van der Waals surface area contributed by atoms with Gasteiger partial charge in [-0.3, -0.25) is 4.98 Å². The van der Waals surface area contributed by atoms with Gasteiger partial charge in [0.25, 0.3) is 0 Å². The summed E-state index contributed by atoms with van der Waals surface area (Å²) in [4.78, 5) is 17.6. The van der Waals surface area contributed by atoms with Crippen molar-refractivity contribution in [2.45, 2.75) is 19.3 Å². The number of fused-ring (bicyclic) bond motifs is 1. The Labute approximate surface area is 154 Å². The van der Waals surface area contributed by atoms with Crippen molar-refractivity contribution in [1.29, 1.82) is 0 Å². The molecular formula is C21H23N5. The molecule has 1 aromatic carbocycles. The Morgan fingerprint density at radius 1 is 1.08 bits per heavy atom. The summed E-state index contributed by atoms with van der Waals surface area (Å²) in [6.45, 7) is 1.89. The number of anilines is 3. The minimum absolute atomic E-state index is 0.900. The van der Waals surface area contributed by atoms with Crippen LogP contribution >= 0.6 is 0 Å². The number of rotatable bonds is 5. The summed E-state index contributed by atoms with van der Waals surface area (Å²) < 4.78 is 0. The van der Waals surface area contributed by atoms with E-state index >= 15 is 0 Å². The molecule has 0 unspecified atom stereocenters. The lowest BCUT2D eigenvalue weighted by Crippen LogP contribution is -2.26. The number of aromatic nitrogens is 3. The molecule has 0 spiro atoms. The molecule has 0 aliphatic carbocycles. The van der Waals surface area contributed by atoms with Gasteiger partial charge in [0.1, 0.15) is 18.0 Å². The Morgan fingerprint density at radius 3 is 2.81 bits per heavy atom. The second kappa shape index (κ2) is 7.52. The van der Waals surface area contributed by atoms with Crippen LogP contribution < -0.4 is 9.80 Å². The summed E-state index contributed by atoms with van der Waals surface area (Å²) in [5, 5.41) is 0. The topological polar surface area (TPSA) is 45.2 Å². The number of pyridine rings is 1. The fourth-order valence-corrected chi connectivity index (χ4v) is 3.43. The fourth-order valence-electron chi connectivity index (χ4n) is 3.43. The SMILES string of the molecule is CN(CCc1ccncc1)c1cc(N2CCCc3ccccc32)ncn1. The first-order chi connectivity index (χ1) is 12.8. The van der Waals surface area contributed by atoms with E-state index in [0.29, 0.717) is 0 Å². The van der Waals surface area contributed by atoms with Crippen LogP contribution in [0.3, 0.4) is 0 Å². The minimum atomic E-state index is 0.900. The third kappa shape index (κ3) is 3.52. The van der Waals surface area contributed by atoms with E-state index in [0.717, 1.165) is 44.0 Å². The zero-order valence-corrected chi connectivity index (χ0v) is 15.0. The van der Waals surface area contributed by atoms with Crippen molar-refractivity contribution in [2.75, 3.05) is 29.9 Å². The van der Waals surface area contributed by atoms with Gasteiger partial charge in [-0.05, 0) is 48.6 Å². The van der Waals surface area contributed by atoms with Crippen LogP contribution in [0.1, 0.15) is 17.5 Å². The summed E-state index contributed by atoms with van der Waals surface area (Å²) in [5.74, 6) is 1.92. The first kappa shape index (κ1) is 16.5. The second-order valence-electron chi connectivity index (χ2n) is 6.65. The van der Waals surface area contributed by atoms with Crippen molar-refractivity contribution in [3.05, 3.63) is 72.3 Å². The van der Waals surface area contributed by atoms with Crippen molar-refractivity contribution in [1.82, 2.24) is 15.0 Å². The quantitative estimate of drug-likeness (QED) is 0.706. The standard InChI is InChI=1S/C21H23N5/c1-25(14-10-17-8-11-22-12-9-17)20-15-21(24-16-23-20)26-13-4-6-18-5-2-3-7-19(18)26/h2-3,5,7-9,11-12,15-16H,4,6,10,13-14H2,1H3. The first-order valence-electron chi connectivity index (χ1n) is 9.09.